The summed E-state index contributed by atoms with van der Waals surface area (Å²) in [5, 5.41) is 30.2. The highest BCUT2D eigenvalue weighted by Gasteiger charge is 2.48. The summed E-state index contributed by atoms with van der Waals surface area (Å²) in [5.41, 5.74) is -0.595. The van der Waals surface area contributed by atoms with Gasteiger partial charge in [0.05, 0.1) is 17.2 Å². The summed E-state index contributed by atoms with van der Waals surface area (Å²) in [5.74, 6) is -1.66. The van der Waals surface area contributed by atoms with E-state index in [2.05, 4.69) is 4.98 Å². The lowest BCUT2D eigenvalue weighted by Gasteiger charge is -2.44. The van der Waals surface area contributed by atoms with Gasteiger partial charge in [0, 0.05) is 18.5 Å². The highest BCUT2D eigenvalue weighted by Crippen LogP contribution is 2.37. The van der Waals surface area contributed by atoms with Crippen molar-refractivity contribution in [2.45, 2.75) is 32.3 Å². The molecular formula is C19H22N2O5. The second-order valence-electron chi connectivity index (χ2n) is 6.79. The van der Waals surface area contributed by atoms with Crippen molar-refractivity contribution in [3.8, 4) is 0 Å². The number of hydrogen-bond donors (Lipinski definition) is 3. The standard InChI is InChI=1S/C19H22N2O5/c1-2-8-19(18(25)26)11-21(9-7-15(19)22)16-10-13(17(23)24)12-5-3-4-6-14(12)20-16/h3-6,10,15,22H,2,7-9,11H2,1H3,(H,23,24)(H,25,26)/t15?,19-/m0/s1. The van der Waals surface area contributed by atoms with Gasteiger partial charge in [-0.2, -0.15) is 0 Å². The van der Waals surface area contributed by atoms with Crippen molar-refractivity contribution in [2.24, 2.45) is 5.41 Å². The van der Waals surface area contributed by atoms with Crippen molar-refractivity contribution in [1.29, 1.82) is 0 Å². The molecule has 1 unspecified atom stereocenters. The summed E-state index contributed by atoms with van der Waals surface area (Å²) < 4.78 is 0. The third kappa shape index (κ3) is 2.99. The lowest BCUT2D eigenvalue weighted by molar-refractivity contribution is -0.158. The minimum atomic E-state index is -1.27. The SMILES string of the molecule is CCC[C@]1(C(=O)O)CN(c2cc(C(=O)O)c3ccccc3n2)CCC1O. The minimum Gasteiger partial charge on any atom is -0.481 e. The molecule has 0 amide bonds. The van der Waals surface area contributed by atoms with Gasteiger partial charge in [0.1, 0.15) is 11.2 Å². The number of aliphatic hydroxyl groups excluding tert-OH is 1. The van der Waals surface area contributed by atoms with Crippen LogP contribution in [0.4, 0.5) is 5.82 Å². The van der Waals surface area contributed by atoms with Gasteiger partial charge in [0.15, 0.2) is 0 Å². The molecule has 0 bridgehead atoms. The summed E-state index contributed by atoms with van der Waals surface area (Å²) >= 11 is 0. The number of piperidine rings is 1. The van der Waals surface area contributed by atoms with Gasteiger partial charge >= 0.3 is 11.9 Å². The molecule has 7 heteroatoms. The molecule has 2 atom stereocenters. The Hall–Kier alpha value is -2.67. The predicted molar refractivity (Wildman–Crippen MR) is 96.5 cm³/mol. The first-order chi connectivity index (χ1) is 12.4. The number of anilines is 1. The predicted octanol–water partition coefficient (Wildman–Crippen LogP) is 2.38. The maximum Gasteiger partial charge on any atom is 0.336 e. The number of aliphatic carboxylic acids is 1. The highest BCUT2D eigenvalue weighted by atomic mass is 16.4. The van der Waals surface area contributed by atoms with Crippen molar-refractivity contribution in [2.75, 3.05) is 18.0 Å². The zero-order valence-electron chi connectivity index (χ0n) is 14.6. The van der Waals surface area contributed by atoms with Gasteiger partial charge in [-0.15, -0.1) is 0 Å². The Morgan fingerprint density at radius 2 is 2.04 bits per heavy atom. The summed E-state index contributed by atoms with van der Waals surface area (Å²) in [4.78, 5) is 29.9. The molecule has 1 fully saturated rings. The first-order valence-electron chi connectivity index (χ1n) is 8.68. The number of carboxylic acid groups (broad SMARTS) is 2. The number of carbonyl (C=O) groups is 2. The van der Waals surface area contributed by atoms with Crippen molar-refractivity contribution >= 4 is 28.7 Å². The van der Waals surface area contributed by atoms with Crippen LogP contribution in [0.1, 0.15) is 36.5 Å². The van der Waals surface area contributed by atoms with E-state index in [1.54, 1.807) is 29.2 Å². The van der Waals surface area contributed by atoms with Crippen LogP contribution in [0.25, 0.3) is 10.9 Å². The smallest absolute Gasteiger partial charge is 0.336 e. The van der Waals surface area contributed by atoms with Crippen LogP contribution < -0.4 is 4.90 Å². The zero-order chi connectivity index (χ0) is 18.9. The summed E-state index contributed by atoms with van der Waals surface area (Å²) in [7, 11) is 0. The Kier molecular flexibility index (Phi) is 4.82. The fourth-order valence-electron chi connectivity index (χ4n) is 3.78. The number of aliphatic hydroxyl groups is 1. The second-order valence-corrected chi connectivity index (χ2v) is 6.79. The number of fused-ring (bicyclic) bond motifs is 1. The molecule has 0 saturated carbocycles. The van der Waals surface area contributed by atoms with Crippen LogP contribution in [0.5, 0.6) is 0 Å². The Labute approximate surface area is 150 Å². The molecule has 1 saturated heterocycles. The molecule has 0 aliphatic carbocycles. The molecule has 3 N–H and O–H groups in total. The molecule has 1 aromatic carbocycles. The average Bonchev–Trinajstić information content (AvgIpc) is 2.62. The Bertz CT molecular complexity index is 853. The molecule has 1 aromatic heterocycles. The van der Waals surface area contributed by atoms with Crippen LogP contribution in [-0.2, 0) is 4.79 Å². The number of nitrogens with zero attached hydrogens (tertiary/aromatic N) is 2. The molecule has 0 spiro atoms. The number of para-hydroxylation sites is 1. The van der Waals surface area contributed by atoms with Crippen molar-refractivity contribution in [1.82, 2.24) is 4.98 Å². The molecule has 2 aromatic rings. The van der Waals surface area contributed by atoms with Crippen molar-refractivity contribution < 1.29 is 24.9 Å². The molecular weight excluding hydrogens is 336 g/mol. The molecule has 3 rings (SSSR count). The van der Waals surface area contributed by atoms with Gasteiger partial charge in [-0.05, 0) is 25.0 Å². The van der Waals surface area contributed by atoms with Crippen LogP contribution in [0.3, 0.4) is 0 Å². The number of pyridine rings is 1. The van der Waals surface area contributed by atoms with Gasteiger partial charge < -0.3 is 20.2 Å². The summed E-state index contributed by atoms with van der Waals surface area (Å²) in [6.45, 7) is 2.40. The molecule has 7 nitrogen and oxygen atoms in total. The number of rotatable bonds is 5. The van der Waals surface area contributed by atoms with Gasteiger partial charge in [-0.25, -0.2) is 9.78 Å². The van der Waals surface area contributed by atoms with E-state index < -0.39 is 23.5 Å². The van der Waals surface area contributed by atoms with E-state index in [-0.39, 0.29) is 12.1 Å². The molecule has 138 valence electrons. The summed E-state index contributed by atoms with van der Waals surface area (Å²) in [6.07, 6.45) is 0.335. The molecule has 0 radical (unpaired) electrons. The molecule has 26 heavy (non-hydrogen) atoms. The Morgan fingerprint density at radius 3 is 2.69 bits per heavy atom. The lowest BCUT2D eigenvalue weighted by Crippen LogP contribution is -2.56. The van der Waals surface area contributed by atoms with Gasteiger partial charge in [0.2, 0.25) is 0 Å². The van der Waals surface area contributed by atoms with Crippen LogP contribution in [0, 0.1) is 5.41 Å². The minimum absolute atomic E-state index is 0.0989. The van der Waals surface area contributed by atoms with Gasteiger partial charge in [-0.1, -0.05) is 31.5 Å². The first-order valence-corrected chi connectivity index (χ1v) is 8.68. The third-order valence-corrected chi connectivity index (χ3v) is 5.16. The van der Waals surface area contributed by atoms with Crippen molar-refractivity contribution in [3.05, 3.63) is 35.9 Å². The van der Waals surface area contributed by atoms with Crippen LogP contribution in [0.15, 0.2) is 30.3 Å². The molecule has 2 heterocycles. The van der Waals surface area contributed by atoms with E-state index in [9.17, 15) is 24.9 Å². The fraction of sp³-hybridized carbons (Fsp3) is 0.421. The molecule has 1 aliphatic heterocycles. The van der Waals surface area contributed by atoms with Crippen molar-refractivity contribution in [3.63, 3.8) is 0 Å². The zero-order valence-corrected chi connectivity index (χ0v) is 14.6. The fourth-order valence-corrected chi connectivity index (χ4v) is 3.78. The maximum atomic E-state index is 11.9. The van der Waals surface area contributed by atoms with Gasteiger partial charge in [-0.3, -0.25) is 4.79 Å². The van der Waals surface area contributed by atoms with Crippen LogP contribution in [-0.4, -0.2) is 51.4 Å². The highest BCUT2D eigenvalue weighted by molar-refractivity contribution is 6.03. The van der Waals surface area contributed by atoms with E-state index in [0.717, 1.165) is 0 Å². The third-order valence-electron chi connectivity index (χ3n) is 5.16. The maximum absolute atomic E-state index is 11.9. The average molecular weight is 358 g/mol. The van der Waals surface area contributed by atoms with E-state index in [1.165, 1.54) is 6.07 Å². The largest absolute Gasteiger partial charge is 0.481 e. The number of hydrogen-bond acceptors (Lipinski definition) is 5. The van der Waals surface area contributed by atoms with E-state index in [0.29, 0.717) is 42.5 Å². The van der Waals surface area contributed by atoms with Crippen LogP contribution >= 0.6 is 0 Å². The number of carboxylic acids is 2. The first kappa shape index (κ1) is 18.1. The lowest BCUT2D eigenvalue weighted by atomic mass is 9.74. The summed E-state index contributed by atoms with van der Waals surface area (Å²) in [6, 6.07) is 8.46. The number of aromatic carboxylic acids is 1. The Balaban J connectivity index is 2.06. The Morgan fingerprint density at radius 1 is 1.31 bits per heavy atom. The normalized spacial score (nSPS) is 23.2. The van der Waals surface area contributed by atoms with E-state index >= 15 is 0 Å². The molecule has 1 aliphatic rings. The topological polar surface area (TPSA) is 111 Å². The second kappa shape index (κ2) is 6.92. The number of aromatic nitrogens is 1. The quantitative estimate of drug-likeness (QED) is 0.752. The van der Waals surface area contributed by atoms with E-state index in [1.807, 2.05) is 6.92 Å². The van der Waals surface area contributed by atoms with E-state index in [4.69, 9.17) is 0 Å². The van der Waals surface area contributed by atoms with Gasteiger partial charge in [0.25, 0.3) is 0 Å². The van der Waals surface area contributed by atoms with Crippen LogP contribution in [0.2, 0.25) is 0 Å². The monoisotopic (exact) mass is 358 g/mol. The number of benzene rings is 1.